The zero-order valence-corrected chi connectivity index (χ0v) is 7.53. The van der Waals surface area contributed by atoms with Crippen LogP contribution in [0.15, 0.2) is 30.9 Å². The fourth-order valence-corrected chi connectivity index (χ4v) is 1.18. The van der Waals surface area contributed by atoms with Crippen LogP contribution < -0.4 is 0 Å². The Hall–Kier alpha value is -2.37. The van der Waals surface area contributed by atoms with Crippen LogP contribution >= 0.6 is 0 Å². The van der Waals surface area contributed by atoms with Gasteiger partial charge in [-0.25, -0.2) is 14.5 Å². The Bertz CT molecular complexity index is 493. The van der Waals surface area contributed by atoms with Crippen molar-refractivity contribution in [2.75, 3.05) is 0 Å². The van der Waals surface area contributed by atoms with Crippen molar-refractivity contribution < 1.29 is 15.0 Å². The average Bonchev–Trinajstić information content (AvgIpc) is 2.71. The summed E-state index contributed by atoms with van der Waals surface area (Å²) in [7, 11) is 0. The van der Waals surface area contributed by atoms with Gasteiger partial charge in [0.2, 0.25) is 0 Å². The molecule has 0 saturated heterocycles. The molecule has 1 heterocycles. The van der Waals surface area contributed by atoms with E-state index in [0.29, 0.717) is 5.69 Å². The smallest absolute Gasteiger partial charge is 0.339 e. The summed E-state index contributed by atoms with van der Waals surface area (Å²) in [6.45, 7) is 0. The fourth-order valence-electron chi connectivity index (χ4n) is 1.18. The van der Waals surface area contributed by atoms with E-state index in [1.165, 1.54) is 29.5 Å². The van der Waals surface area contributed by atoms with Gasteiger partial charge in [-0.15, -0.1) is 0 Å². The van der Waals surface area contributed by atoms with Crippen molar-refractivity contribution in [1.29, 1.82) is 0 Å². The summed E-state index contributed by atoms with van der Waals surface area (Å²) in [5.74, 6) is -1.46. The number of aromatic hydroxyl groups is 1. The van der Waals surface area contributed by atoms with E-state index < -0.39 is 5.97 Å². The maximum atomic E-state index is 10.7. The minimum Gasteiger partial charge on any atom is -0.507 e. The van der Waals surface area contributed by atoms with Gasteiger partial charge in [-0.3, -0.25) is 0 Å². The molecule has 6 nitrogen and oxygen atoms in total. The predicted molar refractivity (Wildman–Crippen MR) is 50.0 cm³/mol. The summed E-state index contributed by atoms with van der Waals surface area (Å²) in [6.07, 6.45) is 2.78. The number of rotatable bonds is 2. The molecule has 0 bridgehead atoms. The monoisotopic (exact) mass is 205 g/mol. The molecule has 0 aliphatic rings. The molecule has 1 aromatic carbocycles. The van der Waals surface area contributed by atoms with Crippen LogP contribution in [0.25, 0.3) is 5.69 Å². The zero-order chi connectivity index (χ0) is 10.8. The molecular formula is C9H7N3O3. The summed E-state index contributed by atoms with van der Waals surface area (Å²) in [5.41, 5.74) is 0.366. The molecule has 0 unspecified atom stereocenters. The van der Waals surface area contributed by atoms with E-state index >= 15 is 0 Å². The highest BCUT2D eigenvalue weighted by molar-refractivity contribution is 5.91. The third kappa shape index (κ3) is 1.64. The summed E-state index contributed by atoms with van der Waals surface area (Å²) < 4.78 is 1.41. The quantitative estimate of drug-likeness (QED) is 0.752. The van der Waals surface area contributed by atoms with E-state index in [0.717, 1.165) is 0 Å². The van der Waals surface area contributed by atoms with Crippen LogP contribution in [-0.4, -0.2) is 30.9 Å². The van der Waals surface area contributed by atoms with Crippen LogP contribution in [0.4, 0.5) is 0 Å². The molecule has 15 heavy (non-hydrogen) atoms. The molecule has 0 aliphatic heterocycles. The molecule has 6 heteroatoms. The summed E-state index contributed by atoms with van der Waals surface area (Å²) >= 11 is 0. The Morgan fingerprint density at radius 2 is 2.20 bits per heavy atom. The first-order valence-corrected chi connectivity index (χ1v) is 4.10. The topological polar surface area (TPSA) is 88.2 Å². The van der Waals surface area contributed by atoms with Crippen LogP contribution in [0.2, 0.25) is 0 Å². The third-order valence-electron chi connectivity index (χ3n) is 1.89. The van der Waals surface area contributed by atoms with Gasteiger partial charge in [-0.2, -0.15) is 5.10 Å². The van der Waals surface area contributed by atoms with Crippen molar-refractivity contribution >= 4 is 5.97 Å². The molecule has 2 rings (SSSR count). The molecule has 76 valence electrons. The van der Waals surface area contributed by atoms with Gasteiger partial charge in [0, 0.05) is 0 Å². The van der Waals surface area contributed by atoms with E-state index in [-0.39, 0.29) is 11.3 Å². The number of benzene rings is 1. The first kappa shape index (κ1) is 9.20. The highest BCUT2D eigenvalue weighted by atomic mass is 16.4. The van der Waals surface area contributed by atoms with E-state index in [1.807, 2.05) is 0 Å². The van der Waals surface area contributed by atoms with Crippen LogP contribution in [0, 0.1) is 0 Å². The molecule has 2 aromatic rings. The Morgan fingerprint density at radius 1 is 1.40 bits per heavy atom. The Kier molecular flexibility index (Phi) is 2.09. The van der Waals surface area contributed by atoms with Gasteiger partial charge in [0.25, 0.3) is 0 Å². The number of carboxylic acids is 1. The number of phenols is 1. The van der Waals surface area contributed by atoms with Gasteiger partial charge < -0.3 is 10.2 Å². The SMILES string of the molecule is O=C(O)c1cc(-n2cncn2)ccc1O. The normalized spacial score (nSPS) is 10.1. The minimum atomic E-state index is -1.19. The van der Waals surface area contributed by atoms with Crippen LogP contribution in [0.3, 0.4) is 0 Å². The maximum absolute atomic E-state index is 10.7. The van der Waals surface area contributed by atoms with Gasteiger partial charge in [-0.05, 0) is 18.2 Å². The van der Waals surface area contributed by atoms with Gasteiger partial charge in [0.05, 0.1) is 5.69 Å². The lowest BCUT2D eigenvalue weighted by Gasteiger charge is -2.03. The molecule has 0 amide bonds. The summed E-state index contributed by atoms with van der Waals surface area (Å²) in [5, 5.41) is 21.9. The number of hydrogen-bond acceptors (Lipinski definition) is 4. The molecule has 1 aromatic heterocycles. The molecule has 0 spiro atoms. The van der Waals surface area contributed by atoms with Crippen molar-refractivity contribution in [2.24, 2.45) is 0 Å². The molecule has 0 radical (unpaired) electrons. The van der Waals surface area contributed by atoms with E-state index in [9.17, 15) is 9.90 Å². The summed E-state index contributed by atoms with van der Waals surface area (Å²) in [6, 6.07) is 4.18. The number of aromatic nitrogens is 3. The summed E-state index contributed by atoms with van der Waals surface area (Å²) in [4.78, 5) is 14.5. The first-order chi connectivity index (χ1) is 7.18. The fraction of sp³-hybridized carbons (Fsp3) is 0. The molecular weight excluding hydrogens is 198 g/mol. The second-order valence-electron chi connectivity index (χ2n) is 2.85. The van der Waals surface area contributed by atoms with Crippen molar-refractivity contribution in [1.82, 2.24) is 14.8 Å². The van der Waals surface area contributed by atoms with E-state index in [4.69, 9.17) is 5.11 Å². The van der Waals surface area contributed by atoms with Gasteiger partial charge in [0.15, 0.2) is 0 Å². The van der Waals surface area contributed by atoms with Crippen molar-refractivity contribution in [3.05, 3.63) is 36.4 Å². The second-order valence-corrected chi connectivity index (χ2v) is 2.85. The van der Waals surface area contributed by atoms with Crippen molar-refractivity contribution in [3.63, 3.8) is 0 Å². The number of carbonyl (C=O) groups is 1. The van der Waals surface area contributed by atoms with Crippen molar-refractivity contribution in [3.8, 4) is 11.4 Å². The number of hydrogen-bond donors (Lipinski definition) is 2. The third-order valence-corrected chi connectivity index (χ3v) is 1.89. The molecule has 0 aliphatic carbocycles. The van der Waals surface area contributed by atoms with Gasteiger partial charge >= 0.3 is 5.97 Å². The predicted octanol–water partition coefficient (Wildman–Crippen LogP) is 0.671. The van der Waals surface area contributed by atoms with Gasteiger partial charge in [-0.1, -0.05) is 0 Å². The van der Waals surface area contributed by atoms with Crippen molar-refractivity contribution in [2.45, 2.75) is 0 Å². The van der Waals surface area contributed by atoms with Crippen LogP contribution in [-0.2, 0) is 0 Å². The van der Waals surface area contributed by atoms with E-state index in [1.54, 1.807) is 6.07 Å². The number of carboxylic acid groups (broad SMARTS) is 1. The lowest BCUT2D eigenvalue weighted by atomic mass is 10.2. The second kappa shape index (κ2) is 3.41. The van der Waals surface area contributed by atoms with Crippen LogP contribution in [0.1, 0.15) is 10.4 Å². The van der Waals surface area contributed by atoms with Gasteiger partial charge in [0.1, 0.15) is 24.0 Å². The largest absolute Gasteiger partial charge is 0.507 e. The molecule has 2 N–H and O–H groups in total. The number of nitrogens with zero attached hydrogens (tertiary/aromatic N) is 3. The number of aromatic carboxylic acids is 1. The molecule has 0 atom stereocenters. The Labute approximate surface area is 84.4 Å². The maximum Gasteiger partial charge on any atom is 0.339 e. The molecule has 0 fully saturated rings. The van der Waals surface area contributed by atoms with E-state index in [2.05, 4.69) is 10.1 Å². The Morgan fingerprint density at radius 3 is 2.80 bits per heavy atom. The minimum absolute atomic E-state index is 0.164. The average molecular weight is 205 g/mol. The zero-order valence-electron chi connectivity index (χ0n) is 7.53. The first-order valence-electron chi connectivity index (χ1n) is 4.10. The Balaban J connectivity index is 2.52. The highest BCUT2D eigenvalue weighted by Gasteiger charge is 2.10. The standard InChI is InChI=1S/C9H7N3O3/c13-8-2-1-6(3-7(8)9(14)15)12-5-10-4-11-12/h1-5,13H,(H,14,15). The lowest BCUT2D eigenvalue weighted by molar-refractivity contribution is 0.0693. The highest BCUT2D eigenvalue weighted by Crippen LogP contribution is 2.19. The van der Waals surface area contributed by atoms with Crippen LogP contribution in [0.5, 0.6) is 5.75 Å². The lowest BCUT2D eigenvalue weighted by Crippen LogP contribution is -2.00. The molecule has 0 saturated carbocycles.